The summed E-state index contributed by atoms with van der Waals surface area (Å²) in [5.74, 6) is -0.159. The van der Waals surface area contributed by atoms with E-state index in [1.165, 1.54) is 6.07 Å². The molecule has 0 bridgehead atoms. The lowest BCUT2D eigenvalue weighted by Crippen LogP contribution is -2.32. The van der Waals surface area contributed by atoms with Crippen LogP contribution in [0, 0.1) is 18.2 Å². The minimum Gasteiger partial charge on any atom is -0.310 e. The lowest BCUT2D eigenvalue weighted by atomic mass is 9.81. The summed E-state index contributed by atoms with van der Waals surface area (Å²) in [6.45, 7) is 11.5. The summed E-state index contributed by atoms with van der Waals surface area (Å²) < 4.78 is 13.3. The van der Waals surface area contributed by atoms with Gasteiger partial charge < -0.3 is 5.32 Å². The van der Waals surface area contributed by atoms with Crippen LogP contribution < -0.4 is 5.32 Å². The summed E-state index contributed by atoms with van der Waals surface area (Å²) in [6, 6.07) is 5.20. The van der Waals surface area contributed by atoms with E-state index in [0.29, 0.717) is 0 Å². The molecule has 16 heavy (non-hydrogen) atoms. The van der Waals surface area contributed by atoms with Gasteiger partial charge in [-0.1, -0.05) is 33.8 Å². The molecule has 1 atom stereocenters. The largest absolute Gasteiger partial charge is 0.310 e. The molecule has 0 spiro atoms. The fraction of sp³-hybridized carbons (Fsp3) is 0.571. The quantitative estimate of drug-likeness (QED) is 0.821. The van der Waals surface area contributed by atoms with Crippen molar-refractivity contribution in [3.63, 3.8) is 0 Å². The highest BCUT2D eigenvalue weighted by molar-refractivity contribution is 5.30. The number of hydrogen-bond donors (Lipinski definition) is 1. The van der Waals surface area contributed by atoms with Crippen LogP contribution in [-0.2, 0) is 0 Å². The van der Waals surface area contributed by atoms with Crippen molar-refractivity contribution in [2.45, 2.75) is 40.7 Å². The van der Waals surface area contributed by atoms with Crippen LogP contribution >= 0.6 is 0 Å². The molecule has 0 fully saturated rings. The van der Waals surface area contributed by atoms with Gasteiger partial charge in [0.1, 0.15) is 5.82 Å². The zero-order chi connectivity index (χ0) is 12.3. The number of nitrogens with one attached hydrogen (secondary N) is 1. The number of rotatable bonds is 3. The van der Waals surface area contributed by atoms with Crippen LogP contribution in [0.5, 0.6) is 0 Å². The molecule has 1 nitrogen and oxygen atoms in total. The van der Waals surface area contributed by atoms with Crippen LogP contribution in [0.3, 0.4) is 0 Å². The van der Waals surface area contributed by atoms with Gasteiger partial charge in [-0.2, -0.15) is 0 Å². The molecule has 0 aliphatic carbocycles. The van der Waals surface area contributed by atoms with Crippen molar-refractivity contribution in [1.29, 1.82) is 0 Å². The second-order valence-electron chi connectivity index (χ2n) is 5.36. The van der Waals surface area contributed by atoms with E-state index < -0.39 is 0 Å². The zero-order valence-corrected chi connectivity index (χ0v) is 10.9. The third-order valence-corrected chi connectivity index (χ3v) is 2.83. The van der Waals surface area contributed by atoms with Gasteiger partial charge in [0.15, 0.2) is 0 Å². The zero-order valence-electron chi connectivity index (χ0n) is 10.9. The number of benzene rings is 1. The van der Waals surface area contributed by atoms with E-state index in [0.717, 1.165) is 17.7 Å². The van der Waals surface area contributed by atoms with Gasteiger partial charge in [-0.3, -0.25) is 0 Å². The average Bonchev–Trinajstić information content (AvgIpc) is 2.17. The summed E-state index contributed by atoms with van der Waals surface area (Å²) in [4.78, 5) is 0. The van der Waals surface area contributed by atoms with Crippen molar-refractivity contribution in [3.8, 4) is 0 Å². The topological polar surface area (TPSA) is 12.0 Å². The van der Waals surface area contributed by atoms with Gasteiger partial charge in [-0.25, -0.2) is 4.39 Å². The van der Waals surface area contributed by atoms with Gasteiger partial charge in [-0.15, -0.1) is 0 Å². The van der Waals surface area contributed by atoms with Gasteiger partial charge in [0.25, 0.3) is 0 Å². The number of halogens is 1. The van der Waals surface area contributed by atoms with Crippen molar-refractivity contribution in [2.75, 3.05) is 6.54 Å². The van der Waals surface area contributed by atoms with Crippen LogP contribution in [0.2, 0.25) is 0 Å². The van der Waals surface area contributed by atoms with E-state index in [9.17, 15) is 4.39 Å². The van der Waals surface area contributed by atoms with Gasteiger partial charge in [-0.05, 0) is 42.1 Å². The van der Waals surface area contributed by atoms with Crippen LogP contribution in [0.25, 0.3) is 0 Å². The Labute approximate surface area is 98.1 Å². The molecule has 2 heteroatoms. The predicted molar refractivity (Wildman–Crippen MR) is 67.0 cm³/mol. The molecule has 1 aromatic rings. The minimum absolute atomic E-state index is 0.0779. The van der Waals surface area contributed by atoms with E-state index in [1.807, 2.05) is 13.0 Å². The molecule has 1 rings (SSSR count). The smallest absolute Gasteiger partial charge is 0.123 e. The molecule has 0 saturated carbocycles. The van der Waals surface area contributed by atoms with Gasteiger partial charge in [0.05, 0.1) is 0 Å². The van der Waals surface area contributed by atoms with Crippen molar-refractivity contribution in [2.24, 2.45) is 5.41 Å². The van der Waals surface area contributed by atoms with Crippen LogP contribution in [0.4, 0.5) is 4.39 Å². The third-order valence-electron chi connectivity index (χ3n) is 2.83. The fourth-order valence-electron chi connectivity index (χ4n) is 2.01. The second kappa shape index (κ2) is 4.96. The molecule has 0 radical (unpaired) electrons. The summed E-state index contributed by atoms with van der Waals surface area (Å²) in [5, 5.41) is 3.44. The molecule has 0 aromatic heterocycles. The Kier molecular flexibility index (Phi) is 4.09. The summed E-state index contributed by atoms with van der Waals surface area (Å²) in [6.07, 6.45) is 0. The molecule has 0 heterocycles. The van der Waals surface area contributed by atoms with Gasteiger partial charge >= 0.3 is 0 Å². The Bertz CT molecular complexity index is 352. The Morgan fingerprint density at radius 3 is 2.44 bits per heavy atom. The molecule has 90 valence electrons. The highest BCUT2D eigenvalue weighted by Crippen LogP contribution is 2.34. The first-order valence-electron chi connectivity index (χ1n) is 5.85. The molecule has 1 N–H and O–H groups in total. The first kappa shape index (κ1) is 13.2. The maximum absolute atomic E-state index is 13.3. The molecule has 0 amide bonds. The minimum atomic E-state index is -0.159. The van der Waals surface area contributed by atoms with Crippen molar-refractivity contribution in [3.05, 3.63) is 35.1 Å². The fourth-order valence-corrected chi connectivity index (χ4v) is 2.01. The van der Waals surface area contributed by atoms with Crippen molar-refractivity contribution >= 4 is 0 Å². The highest BCUT2D eigenvalue weighted by atomic mass is 19.1. The first-order chi connectivity index (χ1) is 7.36. The number of hydrogen-bond acceptors (Lipinski definition) is 1. The first-order valence-corrected chi connectivity index (χ1v) is 5.85. The Morgan fingerprint density at radius 2 is 1.94 bits per heavy atom. The molecule has 0 aliphatic rings. The van der Waals surface area contributed by atoms with E-state index in [1.54, 1.807) is 6.07 Å². The molecular formula is C14H22FN. The second-order valence-corrected chi connectivity index (χ2v) is 5.36. The van der Waals surface area contributed by atoms with Crippen LogP contribution in [-0.4, -0.2) is 6.54 Å². The predicted octanol–water partition coefficient (Wildman–Crippen LogP) is 3.83. The lowest BCUT2D eigenvalue weighted by molar-refractivity contribution is 0.275. The van der Waals surface area contributed by atoms with Gasteiger partial charge in [0.2, 0.25) is 0 Å². The Balaban J connectivity index is 3.15. The standard InChI is InChI=1S/C14H22FN/c1-6-16-13(14(3,4)5)12-9-11(15)8-7-10(12)2/h7-9,13,16H,6H2,1-5H3. The van der Waals surface area contributed by atoms with Gasteiger partial charge in [0, 0.05) is 6.04 Å². The SMILES string of the molecule is CCNC(c1cc(F)ccc1C)C(C)(C)C. The van der Waals surface area contributed by atoms with E-state index in [4.69, 9.17) is 0 Å². The van der Waals surface area contributed by atoms with Crippen LogP contribution in [0.15, 0.2) is 18.2 Å². The lowest BCUT2D eigenvalue weighted by Gasteiger charge is -2.33. The maximum atomic E-state index is 13.3. The van der Waals surface area contributed by atoms with E-state index in [-0.39, 0.29) is 17.3 Å². The number of aryl methyl sites for hydroxylation is 1. The monoisotopic (exact) mass is 223 g/mol. The van der Waals surface area contributed by atoms with Crippen molar-refractivity contribution < 1.29 is 4.39 Å². The van der Waals surface area contributed by atoms with Crippen LogP contribution in [0.1, 0.15) is 44.9 Å². The highest BCUT2D eigenvalue weighted by Gasteiger charge is 2.26. The Hall–Kier alpha value is -0.890. The Morgan fingerprint density at radius 1 is 1.31 bits per heavy atom. The molecule has 0 saturated heterocycles. The van der Waals surface area contributed by atoms with Crippen molar-refractivity contribution in [1.82, 2.24) is 5.32 Å². The molecule has 0 aliphatic heterocycles. The third kappa shape index (κ3) is 3.05. The summed E-state index contributed by atoms with van der Waals surface area (Å²) >= 11 is 0. The molecule has 1 unspecified atom stereocenters. The molecule has 1 aromatic carbocycles. The van der Waals surface area contributed by atoms with E-state index in [2.05, 4.69) is 33.0 Å². The molecular weight excluding hydrogens is 201 g/mol. The summed E-state index contributed by atoms with van der Waals surface area (Å²) in [5.41, 5.74) is 2.28. The summed E-state index contributed by atoms with van der Waals surface area (Å²) in [7, 11) is 0. The normalized spacial score (nSPS) is 13.9. The van der Waals surface area contributed by atoms with E-state index >= 15 is 0 Å². The average molecular weight is 223 g/mol. The maximum Gasteiger partial charge on any atom is 0.123 e.